The fraction of sp³-hybridized carbons (Fsp3) is 0.467. The number of benzene rings is 1. The molecular formula is C15H19F3N4. The highest BCUT2D eigenvalue weighted by Gasteiger charge is 2.34. The molecule has 2 aromatic rings. The molecule has 0 bridgehead atoms. The minimum absolute atomic E-state index is 0.230. The van der Waals surface area contributed by atoms with Crippen molar-refractivity contribution in [3.8, 4) is 0 Å². The van der Waals surface area contributed by atoms with Gasteiger partial charge in [0.25, 0.3) is 0 Å². The van der Waals surface area contributed by atoms with Crippen molar-refractivity contribution in [2.75, 3.05) is 0 Å². The molecule has 0 aliphatic heterocycles. The van der Waals surface area contributed by atoms with Crippen LogP contribution in [0, 0.1) is 0 Å². The molecule has 22 heavy (non-hydrogen) atoms. The van der Waals surface area contributed by atoms with E-state index in [9.17, 15) is 13.2 Å². The Balaban J connectivity index is 2.13. The summed E-state index contributed by atoms with van der Waals surface area (Å²) >= 11 is 0. The summed E-state index contributed by atoms with van der Waals surface area (Å²) in [7, 11) is 1.85. The molecule has 1 heterocycles. The zero-order valence-electron chi connectivity index (χ0n) is 12.8. The Hall–Kier alpha value is -1.89. The summed E-state index contributed by atoms with van der Waals surface area (Å²) in [6, 6.07) is 5.16. The van der Waals surface area contributed by atoms with Gasteiger partial charge in [-0.05, 0) is 18.6 Å². The first-order valence-corrected chi connectivity index (χ1v) is 7.11. The highest BCUT2D eigenvalue weighted by atomic mass is 19.4. The van der Waals surface area contributed by atoms with Gasteiger partial charge in [-0.2, -0.15) is 13.2 Å². The lowest BCUT2D eigenvalue weighted by molar-refractivity contribution is -0.138. The van der Waals surface area contributed by atoms with Crippen LogP contribution in [0.4, 0.5) is 13.2 Å². The lowest BCUT2D eigenvalue weighted by Gasteiger charge is -2.19. The van der Waals surface area contributed by atoms with Crippen LogP contribution < -0.4 is 5.32 Å². The predicted molar refractivity (Wildman–Crippen MR) is 77.1 cm³/mol. The molecule has 0 aliphatic rings. The third-order valence-corrected chi connectivity index (χ3v) is 3.67. The minimum Gasteiger partial charge on any atom is -0.317 e. The molecule has 1 aromatic carbocycles. The molecule has 0 radical (unpaired) electrons. The molecule has 0 spiro atoms. The first-order chi connectivity index (χ1) is 10.3. The quantitative estimate of drug-likeness (QED) is 0.921. The molecule has 1 aromatic heterocycles. The first kappa shape index (κ1) is 16.5. The maximum atomic E-state index is 13.0. The standard InChI is InChI=1S/C15H19F3N4/c1-4-13-20-21-14(22(13)3)9-19-10(2)11-7-5-6-8-12(11)15(16,17)18/h5-8,10,19H,4,9H2,1-3H3. The summed E-state index contributed by atoms with van der Waals surface area (Å²) in [6.45, 7) is 4.04. The summed E-state index contributed by atoms with van der Waals surface area (Å²) in [4.78, 5) is 0. The van der Waals surface area contributed by atoms with Crippen LogP contribution in [0.25, 0.3) is 0 Å². The molecule has 7 heteroatoms. The molecule has 2 rings (SSSR count). The van der Waals surface area contributed by atoms with Crippen molar-refractivity contribution in [2.24, 2.45) is 7.05 Å². The van der Waals surface area contributed by atoms with E-state index in [1.807, 2.05) is 18.5 Å². The van der Waals surface area contributed by atoms with Gasteiger partial charge >= 0.3 is 6.18 Å². The Labute approximate surface area is 127 Å². The van der Waals surface area contributed by atoms with Crippen molar-refractivity contribution < 1.29 is 13.2 Å². The third kappa shape index (κ3) is 3.47. The number of rotatable bonds is 5. The van der Waals surface area contributed by atoms with Crippen molar-refractivity contribution in [1.82, 2.24) is 20.1 Å². The first-order valence-electron chi connectivity index (χ1n) is 7.11. The zero-order chi connectivity index (χ0) is 16.3. The van der Waals surface area contributed by atoms with Crippen molar-refractivity contribution >= 4 is 0 Å². The van der Waals surface area contributed by atoms with E-state index in [1.54, 1.807) is 13.0 Å². The number of aryl methyl sites for hydroxylation is 1. The average Bonchev–Trinajstić information content (AvgIpc) is 2.84. The molecule has 4 nitrogen and oxygen atoms in total. The highest BCUT2D eigenvalue weighted by Crippen LogP contribution is 2.34. The van der Waals surface area contributed by atoms with E-state index in [2.05, 4.69) is 15.5 Å². The summed E-state index contributed by atoms with van der Waals surface area (Å²) in [5, 5.41) is 11.2. The molecule has 120 valence electrons. The van der Waals surface area contributed by atoms with Crippen molar-refractivity contribution in [3.63, 3.8) is 0 Å². The van der Waals surface area contributed by atoms with Gasteiger partial charge in [0.15, 0.2) is 0 Å². The molecule has 1 unspecified atom stereocenters. The Morgan fingerprint density at radius 1 is 1.18 bits per heavy atom. The van der Waals surface area contributed by atoms with Gasteiger partial charge in [-0.3, -0.25) is 0 Å². The maximum absolute atomic E-state index is 13.0. The lowest BCUT2D eigenvalue weighted by atomic mass is 10.0. The van der Waals surface area contributed by atoms with E-state index >= 15 is 0 Å². The minimum atomic E-state index is -4.35. The van der Waals surface area contributed by atoms with E-state index in [-0.39, 0.29) is 5.56 Å². The molecule has 0 saturated heterocycles. The molecule has 1 N–H and O–H groups in total. The van der Waals surface area contributed by atoms with E-state index in [0.29, 0.717) is 12.4 Å². The lowest BCUT2D eigenvalue weighted by Crippen LogP contribution is -2.23. The van der Waals surface area contributed by atoms with Gasteiger partial charge in [0.2, 0.25) is 0 Å². The zero-order valence-corrected chi connectivity index (χ0v) is 12.8. The fourth-order valence-corrected chi connectivity index (χ4v) is 2.35. The van der Waals surface area contributed by atoms with Crippen molar-refractivity contribution in [2.45, 2.75) is 39.0 Å². The van der Waals surface area contributed by atoms with Crippen LogP contribution >= 0.6 is 0 Å². The normalized spacial score (nSPS) is 13.4. The van der Waals surface area contributed by atoms with Crippen LogP contribution in [0.15, 0.2) is 24.3 Å². The number of nitrogens with one attached hydrogen (secondary N) is 1. The van der Waals surface area contributed by atoms with E-state index in [0.717, 1.165) is 18.3 Å². The number of hydrogen-bond acceptors (Lipinski definition) is 3. The fourth-order valence-electron chi connectivity index (χ4n) is 2.35. The maximum Gasteiger partial charge on any atom is 0.416 e. The van der Waals surface area contributed by atoms with Gasteiger partial charge in [-0.25, -0.2) is 0 Å². The molecular weight excluding hydrogens is 293 g/mol. The van der Waals surface area contributed by atoms with Gasteiger partial charge in [0.1, 0.15) is 11.6 Å². The van der Waals surface area contributed by atoms with Crippen molar-refractivity contribution in [3.05, 3.63) is 47.0 Å². The van der Waals surface area contributed by atoms with Crippen LogP contribution in [-0.4, -0.2) is 14.8 Å². The van der Waals surface area contributed by atoms with Crippen LogP contribution in [0.2, 0.25) is 0 Å². The summed E-state index contributed by atoms with van der Waals surface area (Å²) in [6.07, 6.45) is -3.59. The topological polar surface area (TPSA) is 42.7 Å². The Kier molecular flexibility index (Phi) is 4.85. The van der Waals surface area contributed by atoms with Gasteiger partial charge in [0.05, 0.1) is 12.1 Å². The van der Waals surface area contributed by atoms with Gasteiger partial charge in [-0.15, -0.1) is 10.2 Å². The van der Waals surface area contributed by atoms with Gasteiger partial charge in [-0.1, -0.05) is 25.1 Å². The number of hydrogen-bond donors (Lipinski definition) is 1. The van der Waals surface area contributed by atoms with Gasteiger partial charge in [0, 0.05) is 19.5 Å². The SMILES string of the molecule is CCc1nnc(CNC(C)c2ccccc2C(F)(F)F)n1C. The summed E-state index contributed by atoms with van der Waals surface area (Å²) in [5.74, 6) is 1.55. The average molecular weight is 312 g/mol. The van der Waals surface area contributed by atoms with Crippen LogP contribution in [-0.2, 0) is 26.2 Å². The van der Waals surface area contributed by atoms with E-state index in [4.69, 9.17) is 0 Å². The second kappa shape index (κ2) is 6.48. The molecule has 1 atom stereocenters. The largest absolute Gasteiger partial charge is 0.416 e. The van der Waals surface area contributed by atoms with E-state index < -0.39 is 17.8 Å². The monoisotopic (exact) mass is 312 g/mol. The van der Waals surface area contributed by atoms with Gasteiger partial charge < -0.3 is 9.88 Å². The van der Waals surface area contributed by atoms with Crippen molar-refractivity contribution in [1.29, 1.82) is 0 Å². The van der Waals surface area contributed by atoms with E-state index in [1.165, 1.54) is 12.1 Å². The van der Waals surface area contributed by atoms with Crippen LogP contribution in [0.3, 0.4) is 0 Å². The molecule has 0 saturated carbocycles. The third-order valence-electron chi connectivity index (χ3n) is 3.67. The number of nitrogens with zero attached hydrogens (tertiary/aromatic N) is 3. The Morgan fingerprint density at radius 2 is 1.82 bits per heavy atom. The second-order valence-electron chi connectivity index (χ2n) is 5.13. The summed E-state index contributed by atoms with van der Waals surface area (Å²) < 4.78 is 40.9. The Morgan fingerprint density at radius 3 is 2.41 bits per heavy atom. The van der Waals surface area contributed by atoms with Crippen LogP contribution in [0.1, 0.15) is 42.7 Å². The Bertz CT molecular complexity index is 634. The number of halogens is 3. The highest BCUT2D eigenvalue weighted by molar-refractivity contribution is 5.32. The smallest absolute Gasteiger partial charge is 0.317 e. The predicted octanol–water partition coefficient (Wildman–Crippen LogP) is 3.25. The number of aromatic nitrogens is 3. The number of alkyl halides is 3. The second-order valence-corrected chi connectivity index (χ2v) is 5.13. The van der Waals surface area contributed by atoms with Crippen LogP contribution in [0.5, 0.6) is 0 Å². The summed E-state index contributed by atoms with van der Waals surface area (Å²) in [5.41, 5.74) is -0.380. The molecule has 0 aliphatic carbocycles. The molecule has 0 amide bonds. The molecule has 0 fully saturated rings.